The van der Waals surface area contributed by atoms with E-state index in [1.165, 1.54) is 12.1 Å². The van der Waals surface area contributed by atoms with Crippen LogP contribution in [0.4, 0.5) is 15.9 Å². The number of halogens is 5. The van der Waals surface area contributed by atoms with Gasteiger partial charge in [0, 0.05) is 5.69 Å². The van der Waals surface area contributed by atoms with Crippen LogP contribution in [0, 0.1) is 5.82 Å². The fourth-order valence-electron chi connectivity index (χ4n) is 1.24. The lowest BCUT2D eigenvalue weighted by Gasteiger charge is -2.09. The number of hydrogen-bond acceptors (Lipinski definition) is 2. The van der Waals surface area contributed by atoms with Gasteiger partial charge in [-0.05, 0) is 40.2 Å². The maximum absolute atomic E-state index is 13.1. The summed E-state index contributed by atoms with van der Waals surface area (Å²) in [5.41, 5.74) is 0.621. The molecule has 0 fully saturated rings. The van der Waals surface area contributed by atoms with Gasteiger partial charge in [0.2, 0.25) is 0 Å². The Bertz CT molecular complexity index is 607. The smallest absolute Gasteiger partial charge is 0.151 e. The summed E-state index contributed by atoms with van der Waals surface area (Å²) in [5.74, 6) is -0.00156. The lowest BCUT2D eigenvalue weighted by Crippen LogP contribution is -1.95. The van der Waals surface area contributed by atoms with E-state index in [2.05, 4.69) is 26.2 Å². The number of pyridine rings is 1. The Hall–Kier alpha value is -0.550. The molecule has 0 unspecified atom stereocenters. The normalized spacial score (nSPS) is 10.5. The van der Waals surface area contributed by atoms with Crippen molar-refractivity contribution >= 4 is 62.2 Å². The molecule has 94 valence electrons. The Morgan fingerprint density at radius 3 is 2.50 bits per heavy atom. The Labute approximate surface area is 126 Å². The molecule has 0 bridgehead atoms. The third-order valence-electron chi connectivity index (χ3n) is 2.07. The third kappa shape index (κ3) is 3.06. The largest absolute Gasteiger partial charge is 0.339 e. The first kappa shape index (κ1) is 13.9. The SMILES string of the molecule is Fc1ccc(Nc2nc(Cl)c(Cl)cc2Cl)cc1Br. The van der Waals surface area contributed by atoms with Crippen LogP contribution in [-0.4, -0.2) is 4.98 Å². The highest BCUT2D eigenvalue weighted by Crippen LogP contribution is 2.31. The van der Waals surface area contributed by atoms with Gasteiger partial charge >= 0.3 is 0 Å². The van der Waals surface area contributed by atoms with E-state index in [0.717, 1.165) is 0 Å². The molecule has 7 heteroatoms. The van der Waals surface area contributed by atoms with E-state index in [-0.39, 0.29) is 16.0 Å². The second-order valence-electron chi connectivity index (χ2n) is 3.35. The van der Waals surface area contributed by atoms with Gasteiger partial charge in [0.05, 0.1) is 14.5 Å². The summed E-state index contributed by atoms with van der Waals surface area (Å²) in [6.45, 7) is 0. The van der Waals surface area contributed by atoms with Crippen LogP contribution in [-0.2, 0) is 0 Å². The molecule has 0 aliphatic heterocycles. The molecule has 1 aromatic heterocycles. The molecular formula is C11H5BrCl3FN2. The summed E-state index contributed by atoms with van der Waals surface area (Å²) in [5, 5.41) is 3.66. The van der Waals surface area contributed by atoms with Crippen molar-refractivity contribution < 1.29 is 4.39 Å². The Morgan fingerprint density at radius 2 is 1.83 bits per heavy atom. The van der Waals surface area contributed by atoms with Crippen molar-refractivity contribution in [3.63, 3.8) is 0 Å². The van der Waals surface area contributed by atoms with Gasteiger partial charge in [-0.25, -0.2) is 9.37 Å². The van der Waals surface area contributed by atoms with Crippen molar-refractivity contribution in [1.29, 1.82) is 0 Å². The van der Waals surface area contributed by atoms with E-state index in [1.807, 2.05) is 0 Å². The Balaban J connectivity index is 2.34. The first-order valence-corrected chi connectivity index (χ1v) is 6.63. The lowest BCUT2D eigenvalue weighted by atomic mass is 10.3. The molecule has 1 aromatic carbocycles. The van der Waals surface area contributed by atoms with E-state index in [4.69, 9.17) is 34.8 Å². The quantitative estimate of drug-likeness (QED) is 0.687. The summed E-state index contributed by atoms with van der Waals surface area (Å²) in [6.07, 6.45) is 0. The van der Waals surface area contributed by atoms with E-state index < -0.39 is 0 Å². The molecule has 0 saturated heterocycles. The molecule has 0 amide bonds. The molecule has 0 aliphatic rings. The average Bonchev–Trinajstić information content (AvgIpc) is 2.31. The third-order valence-corrected chi connectivity index (χ3v) is 3.64. The zero-order chi connectivity index (χ0) is 13.3. The molecule has 0 radical (unpaired) electrons. The standard InChI is InChI=1S/C11H5BrCl3FN2/c12-6-3-5(1-2-9(6)16)17-11-8(14)4-7(13)10(15)18-11/h1-4H,(H,17,18). The number of nitrogens with zero attached hydrogens (tertiary/aromatic N) is 1. The van der Waals surface area contributed by atoms with Gasteiger partial charge in [-0.15, -0.1) is 0 Å². The summed E-state index contributed by atoms with van der Waals surface area (Å²) in [4.78, 5) is 4.00. The predicted octanol–water partition coefficient (Wildman–Crippen LogP) is 5.69. The van der Waals surface area contributed by atoms with E-state index >= 15 is 0 Å². The zero-order valence-electron chi connectivity index (χ0n) is 8.65. The monoisotopic (exact) mass is 368 g/mol. The maximum atomic E-state index is 13.1. The van der Waals surface area contributed by atoms with Gasteiger partial charge in [0.15, 0.2) is 5.82 Å². The highest BCUT2D eigenvalue weighted by atomic mass is 79.9. The summed E-state index contributed by atoms with van der Waals surface area (Å²) in [6, 6.07) is 5.92. The molecule has 2 rings (SSSR count). The van der Waals surface area contributed by atoms with Gasteiger partial charge < -0.3 is 5.32 Å². The zero-order valence-corrected chi connectivity index (χ0v) is 12.5. The Morgan fingerprint density at radius 1 is 1.11 bits per heavy atom. The molecule has 18 heavy (non-hydrogen) atoms. The first-order chi connectivity index (χ1) is 8.47. The van der Waals surface area contributed by atoms with Crippen molar-refractivity contribution in [2.75, 3.05) is 5.32 Å². The highest BCUT2D eigenvalue weighted by molar-refractivity contribution is 9.10. The summed E-state index contributed by atoms with van der Waals surface area (Å²) < 4.78 is 13.4. The molecule has 0 atom stereocenters. The number of aromatic nitrogens is 1. The van der Waals surface area contributed by atoms with Crippen molar-refractivity contribution in [2.45, 2.75) is 0 Å². The van der Waals surface area contributed by atoms with Gasteiger partial charge in [-0.2, -0.15) is 0 Å². The van der Waals surface area contributed by atoms with Crippen LogP contribution in [0.15, 0.2) is 28.7 Å². The van der Waals surface area contributed by atoms with Crippen LogP contribution in [0.3, 0.4) is 0 Å². The highest BCUT2D eigenvalue weighted by Gasteiger charge is 2.09. The second-order valence-corrected chi connectivity index (χ2v) is 5.37. The number of hydrogen-bond donors (Lipinski definition) is 1. The minimum absolute atomic E-state index is 0.143. The van der Waals surface area contributed by atoms with Gasteiger partial charge in [0.1, 0.15) is 11.0 Å². The van der Waals surface area contributed by atoms with E-state index in [1.54, 1.807) is 12.1 Å². The van der Waals surface area contributed by atoms with Crippen LogP contribution >= 0.6 is 50.7 Å². The van der Waals surface area contributed by atoms with E-state index in [0.29, 0.717) is 21.0 Å². The maximum Gasteiger partial charge on any atom is 0.151 e. The predicted molar refractivity (Wildman–Crippen MR) is 76.6 cm³/mol. The fourth-order valence-corrected chi connectivity index (χ4v) is 2.17. The van der Waals surface area contributed by atoms with Gasteiger partial charge in [-0.1, -0.05) is 34.8 Å². The number of benzene rings is 1. The number of anilines is 2. The number of rotatable bonds is 2. The molecule has 0 saturated carbocycles. The van der Waals surface area contributed by atoms with Crippen LogP contribution in [0.1, 0.15) is 0 Å². The first-order valence-electron chi connectivity index (χ1n) is 4.71. The molecule has 0 spiro atoms. The van der Waals surface area contributed by atoms with Crippen LogP contribution in [0.5, 0.6) is 0 Å². The summed E-state index contributed by atoms with van der Waals surface area (Å²) in [7, 11) is 0. The molecule has 1 heterocycles. The minimum Gasteiger partial charge on any atom is -0.339 e. The van der Waals surface area contributed by atoms with Crippen LogP contribution in [0.2, 0.25) is 15.2 Å². The van der Waals surface area contributed by atoms with Crippen LogP contribution in [0.25, 0.3) is 0 Å². The Kier molecular flexibility index (Phi) is 4.33. The van der Waals surface area contributed by atoms with Gasteiger partial charge in [-0.3, -0.25) is 0 Å². The van der Waals surface area contributed by atoms with Crippen molar-refractivity contribution in [1.82, 2.24) is 4.98 Å². The molecule has 2 aromatic rings. The van der Waals surface area contributed by atoms with Crippen molar-refractivity contribution in [3.8, 4) is 0 Å². The van der Waals surface area contributed by atoms with E-state index in [9.17, 15) is 4.39 Å². The van der Waals surface area contributed by atoms with Crippen molar-refractivity contribution in [3.05, 3.63) is 49.8 Å². The molecule has 0 aliphatic carbocycles. The average molecular weight is 370 g/mol. The second kappa shape index (κ2) is 5.61. The molecule has 1 N–H and O–H groups in total. The van der Waals surface area contributed by atoms with Gasteiger partial charge in [0.25, 0.3) is 0 Å². The van der Waals surface area contributed by atoms with Crippen LogP contribution < -0.4 is 5.32 Å². The fraction of sp³-hybridized carbons (Fsp3) is 0. The molecular weight excluding hydrogens is 365 g/mol. The molecule has 2 nitrogen and oxygen atoms in total. The summed E-state index contributed by atoms with van der Waals surface area (Å²) >= 11 is 20.6. The topological polar surface area (TPSA) is 24.9 Å². The van der Waals surface area contributed by atoms with Crippen molar-refractivity contribution in [2.24, 2.45) is 0 Å². The number of nitrogens with one attached hydrogen (secondary N) is 1. The minimum atomic E-state index is -0.353. The lowest BCUT2D eigenvalue weighted by molar-refractivity contribution is 0.621.